The zero-order valence-corrected chi connectivity index (χ0v) is 18.6. The van der Waals surface area contributed by atoms with E-state index in [2.05, 4.69) is 15.3 Å². The molecule has 3 atom stereocenters. The monoisotopic (exact) mass is 504 g/mol. The van der Waals surface area contributed by atoms with Crippen molar-refractivity contribution in [2.45, 2.75) is 37.5 Å². The Bertz CT molecular complexity index is 1050. The van der Waals surface area contributed by atoms with Gasteiger partial charge in [0.05, 0.1) is 12.0 Å². The average molecular weight is 505 g/mol. The molecule has 2 aromatic rings. The van der Waals surface area contributed by atoms with Gasteiger partial charge in [-0.1, -0.05) is 11.6 Å². The van der Waals surface area contributed by atoms with E-state index in [4.69, 9.17) is 17.3 Å². The number of hydrogen-bond acceptors (Lipinski definition) is 6. The molecule has 1 amide bonds. The minimum Gasteiger partial charge on any atom is -0.381 e. The van der Waals surface area contributed by atoms with Crippen molar-refractivity contribution < 1.29 is 26.7 Å². The van der Waals surface area contributed by atoms with Crippen LogP contribution in [-0.2, 0) is 4.79 Å². The molecule has 2 aliphatic heterocycles. The van der Waals surface area contributed by atoms with Gasteiger partial charge in [-0.3, -0.25) is 4.79 Å². The Morgan fingerprint density at radius 3 is 2.59 bits per heavy atom. The summed E-state index contributed by atoms with van der Waals surface area (Å²) in [5.41, 5.74) is 5.75. The van der Waals surface area contributed by atoms with E-state index in [0.717, 1.165) is 18.5 Å². The Morgan fingerprint density at radius 2 is 1.88 bits per heavy atom. The first kappa shape index (κ1) is 24.2. The number of halogens is 6. The van der Waals surface area contributed by atoms with Gasteiger partial charge >= 0.3 is 6.18 Å². The van der Waals surface area contributed by atoms with Gasteiger partial charge < -0.3 is 20.9 Å². The molecule has 0 aliphatic carbocycles. The Morgan fingerprint density at radius 1 is 1.12 bits per heavy atom. The molecular weight excluding hydrogens is 483 g/mol. The van der Waals surface area contributed by atoms with Crippen molar-refractivity contribution in [1.29, 1.82) is 0 Å². The Balaban J connectivity index is 1.59. The molecule has 2 aliphatic rings. The Labute approximate surface area is 197 Å². The number of rotatable bonds is 4. The summed E-state index contributed by atoms with van der Waals surface area (Å²) < 4.78 is 70.0. The number of carbonyl (C=O) groups excluding carboxylic acids is 1. The topological polar surface area (TPSA) is 87.4 Å². The molecule has 2 unspecified atom stereocenters. The van der Waals surface area contributed by atoms with Crippen LogP contribution in [0.3, 0.4) is 0 Å². The lowest BCUT2D eigenvalue weighted by Gasteiger charge is -2.47. The van der Waals surface area contributed by atoms with Crippen LogP contribution >= 0.6 is 11.6 Å². The number of nitrogens with two attached hydrogens (primary N) is 1. The number of piperidine rings is 2. The van der Waals surface area contributed by atoms with Crippen LogP contribution in [0.1, 0.15) is 19.3 Å². The van der Waals surface area contributed by atoms with E-state index >= 15 is 0 Å². The zero-order chi connectivity index (χ0) is 24.6. The number of anilines is 3. The molecule has 1 aromatic carbocycles. The van der Waals surface area contributed by atoms with Crippen LogP contribution in [0.2, 0.25) is 5.02 Å². The molecule has 1 aromatic heterocycles. The highest BCUT2D eigenvalue weighted by Gasteiger charge is 2.51. The summed E-state index contributed by atoms with van der Waals surface area (Å²) in [6.07, 6.45) is -3.08. The van der Waals surface area contributed by atoms with Crippen molar-refractivity contribution in [2.75, 3.05) is 35.6 Å². The molecule has 34 heavy (non-hydrogen) atoms. The van der Waals surface area contributed by atoms with Crippen LogP contribution in [0, 0.1) is 17.6 Å². The Kier molecular flexibility index (Phi) is 6.70. The highest BCUT2D eigenvalue weighted by atomic mass is 35.5. The lowest BCUT2D eigenvalue weighted by Crippen LogP contribution is -2.62. The quantitative estimate of drug-likeness (QED) is 0.615. The predicted molar refractivity (Wildman–Crippen MR) is 116 cm³/mol. The molecule has 0 radical (unpaired) electrons. The molecule has 0 bridgehead atoms. The van der Waals surface area contributed by atoms with E-state index in [1.165, 1.54) is 15.9 Å². The summed E-state index contributed by atoms with van der Waals surface area (Å²) in [5.74, 6) is -4.48. The summed E-state index contributed by atoms with van der Waals surface area (Å²) in [7, 11) is 0. The fraction of sp³-hybridized carbons (Fsp3) is 0.476. The third kappa shape index (κ3) is 4.96. The second-order valence-electron chi connectivity index (χ2n) is 8.38. The summed E-state index contributed by atoms with van der Waals surface area (Å²) in [6.45, 7) is -0.276. The number of nitrogens with zero attached hydrogens (tertiary/aromatic N) is 4. The second kappa shape index (κ2) is 9.40. The van der Waals surface area contributed by atoms with E-state index in [1.54, 1.807) is 0 Å². The van der Waals surface area contributed by atoms with Crippen molar-refractivity contribution >= 4 is 34.8 Å². The van der Waals surface area contributed by atoms with Gasteiger partial charge in [0.1, 0.15) is 18.2 Å². The maximum atomic E-state index is 14.5. The van der Waals surface area contributed by atoms with Crippen LogP contribution in [0.5, 0.6) is 0 Å². The number of nitrogen functional groups attached to an aromatic ring is 1. The number of alkyl halides is 3. The number of likely N-dealkylation sites (tertiary alicyclic amines) is 1. The van der Waals surface area contributed by atoms with Gasteiger partial charge in [-0.15, -0.1) is 0 Å². The second-order valence-corrected chi connectivity index (χ2v) is 8.81. The molecule has 0 spiro atoms. The zero-order valence-electron chi connectivity index (χ0n) is 17.8. The first-order valence-corrected chi connectivity index (χ1v) is 11.0. The first-order valence-electron chi connectivity index (χ1n) is 10.7. The molecule has 3 N–H and O–H groups in total. The largest absolute Gasteiger partial charge is 0.393 e. The van der Waals surface area contributed by atoms with Crippen LogP contribution in [0.15, 0.2) is 24.5 Å². The lowest BCUT2D eigenvalue weighted by molar-refractivity contribution is -0.197. The average Bonchev–Trinajstić information content (AvgIpc) is 2.75. The molecular formula is C21H22ClF5N6O. The minimum absolute atomic E-state index is 0.112. The number of aromatic nitrogens is 2. The van der Waals surface area contributed by atoms with E-state index < -0.39 is 47.5 Å². The molecule has 2 saturated heterocycles. The normalized spacial score (nSPS) is 23.8. The van der Waals surface area contributed by atoms with E-state index in [0.29, 0.717) is 12.8 Å². The lowest BCUT2D eigenvalue weighted by atomic mass is 9.87. The van der Waals surface area contributed by atoms with Crippen molar-refractivity contribution in [3.8, 4) is 0 Å². The van der Waals surface area contributed by atoms with Crippen molar-refractivity contribution in [3.05, 3.63) is 41.2 Å². The van der Waals surface area contributed by atoms with E-state index in [9.17, 15) is 26.7 Å². The van der Waals surface area contributed by atoms with Crippen molar-refractivity contribution in [1.82, 2.24) is 14.9 Å². The summed E-state index contributed by atoms with van der Waals surface area (Å²) in [6, 6.07) is 1.56. The smallest absolute Gasteiger partial charge is 0.381 e. The number of hydrogen-bond donors (Lipinski definition) is 2. The van der Waals surface area contributed by atoms with Crippen LogP contribution in [-0.4, -0.2) is 58.7 Å². The van der Waals surface area contributed by atoms with Crippen molar-refractivity contribution in [3.63, 3.8) is 0 Å². The van der Waals surface area contributed by atoms with Gasteiger partial charge in [0.15, 0.2) is 11.6 Å². The molecule has 4 rings (SSSR count). The molecule has 0 saturated carbocycles. The SMILES string of the molecule is Nc1ncnc(N2CCC(C(F)(F)F)C(N3CCC[C@@H](Nc4cc(F)cc(Cl)c4)C3=O)C2)c1F. The van der Waals surface area contributed by atoms with Crippen LogP contribution in [0.4, 0.5) is 39.3 Å². The van der Waals surface area contributed by atoms with Gasteiger partial charge in [-0.05, 0) is 37.5 Å². The molecule has 2 fully saturated rings. The summed E-state index contributed by atoms with van der Waals surface area (Å²) in [5, 5.41) is 3.01. The Hall–Kier alpha value is -2.89. The number of carbonyl (C=O) groups is 1. The van der Waals surface area contributed by atoms with Gasteiger partial charge in [0.2, 0.25) is 11.7 Å². The molecule has 7 nitrogen and oxygen atoms in total. The number of nitrogens with one attached hydrogen (secondary N) is 1. The van der Waals surface area contributed by atoms with Crippen LogP contribution < -0.4 is 16.0 Å². The third-order valence-corrected chi connectivity index (χ3v) is 6.39. The van der Waals surface area contributed by atoms with Crippen molar-refractivity contribution in [2.24, 2.45) is 5.92 Å². The third-order valence-electron chi connectivity index (χ3n) is 6.18. The predicted octanol–water partition coefficient (Wildman–Crippen LogP) is 3.85. The number of amides is 1. The molecule has 3 heterocycles. The minimum atomic E-state index is -4.56. The van der Waals surface area contributed by atoms with Gasteiger partial charge in [0, 0.05) is 30.3 Å². The van der Waals surface area contributed by atoms with Crippen LogP contribution in [0.25, 0.3) is 0 Å². The molecule has 13 heteroatoms. The van der Waals surface area contributed by atoms with Gasteiger partial charge in [-0.25, -0.2) is 14.4 Å². The van der Waals surface area contributed by atoms with Gasteiger partial charge in [-0.2, -0.15) is 17.6 Å². The maximum Gasteiger partial charge on any atom is 0.393 e. The highest BCUT2D eigenvalue weighted by Crippen LogP contribution is 2.39. The summed E-state index contributed by atoms with van der Waals surface area (Å²) in [4.78, 5) is 23.2. The first-order chi connectivity index (χ1) is 16.0. The maximum absolute atomic E-state index is 14.5. The summed E-state index contributed by atoms with van der Waals surface area (Å²) >= 11 is 5.87. The van der Waals surface area contributed by atoms with E-state index in [1.807, 2.05) is 0 Å². The van der Waals surface area contributed by atoms with Gasteiger partial charge in [0.25, 0.3) is 0 Å². The highest BCUT2D eigenvalue weighted by molar-refractivity contribution is 6.30. The van der Waals surface area contributed by atoms with E-state index in [-0.39, 0.29) is 42.6 Å². The fourth-order valence-corrected chi connectivity index (χ4v) is 4.84. The molecule has 184 valence electrons. The number of benzene rings is 1. The fourth-order valence-electron chi connectivity index (χ4n) is 4.62. The standard InChI is InChI=1S/C21H22ClF5N6O/c22-11-6-12(23)8-13(7-11)31-15-2-1-4-33(20(15)34)16-9-32(5-3-14(16)21(25,26)27)19-17(24)18(28)29-10-30-19/h6-8,10,14-16,31H,1-5,9H2,(H2,28,29,30)/t14?,15-,16?/m1/s1.